The summed E-state index contributed by atoms with van der Waals surface area (Å²) >= 11 is 0. The number of carbonyl (C=O) groups is 1. The molecule has 1 atom stereocenters. The molecule has 33 heavy (non-hydrogen) atoms. The Labute approximate surface area is 195 Å². The van der Waals surface area contributed by atoms with Gasteiger partial charge in [0.1, 0.15) is 17.3 Å². The van der Waals surface area contributed by atoms with Gasteiger partial charge in [0.15, 0.2) is 0 Å². The molecule has 1 amide bonds. The van der Waals surface area contributed by atoms with Gasteiger partial charge < -0.3 is 14.6 Å². The van der Waals surface area contributed by atoms with E-state index in [0.717, 1.165) is 36.8 Å². The standard InChI is InChI=1S/C28H33FN2O2/c1-19-25(17-26(33-19)21-8-5-4-6-9-21)28(32)30-18-20-12-14-22(15-13-20)27(31(2)3)23-10-7-11-24(29)16-23/h4-11,16-17,20,22,27H,12-15,18H2,1-3H3,(H,30,32). The minimum Gasteiger partial charge on any atom is -0.461 e. The Hall–Kier alpha value is -2.92. The van der Waals surface area contributed by atoms with Crippen molar-refractivity contribution in [3.63, 3.8) is 0 Å². The molecule has 0 aliphatic heterocycles. The Bertz CT molecular complexity index is 1070. The van der Waals surface area contributed by atoms with Gasteiger partial charge in [0.05, 0.1) is 5.56 Å². The molecule has 1 N–H and O–H groups in total. The first kappa shape index (κ1) is 23.2. The van der Waals surface area contributed by atoms with E-state index >= 15 is 0 Å². The molecule has 0 saturated heterocycles. The van der Waals surface area contributed by atoms with Crippen molar-refractivity contribution in [2.24, 2.45) is 11.8 Å². The summed E-state index contributed by atoms with van der Waals surface area (Å²) in [6.07, 6.45) is 4.26. The van der Waals surface area contributed by atoms with Crippen molar-refractivity contribution in [1.82, 2.24) is 10.2 Å². The van der Waals surface area contributed by atoms with Crippen LogP contribution in [0, 0.1) is 24.6 Å². The van der Waals surface area contributed by atoms with Gasteiger partial charge in [-0.05, 0) is 82.3 Å². The van der Waals surface area contributed by atoms with Crippen molar-refractivity contribution in [2.75, 3.05) is 20.6 Å². The molecule has 1 heterocycles. The number of hydrogen-bond acceptors (Lipinski definition) is 3. The monoisotopic (exact) mass is 448 g/mol. The number of aryl methyl sites for hydroxylation is 1. The van der Waals surface area contributed by atoms with Crippen molar-refractivity contribution in [1.29, 1.82) is 0 Å². The lowest BCUT2D eigenvalue weighted by Gasteiger charge is -2.37. The van der Waals surface area contributed by atoms with E-state index in [1.54, 1.807) is 12.1 Å². The van der Waals surface area contributed by atoms with Gasteiger partial charge in [0.25, 0.3) is 5.91 Å². The highest BCUT2D eigenvalue weighted by Crippen LogP contribution is 2.39. The van der Waals surface area contributed by atoms with Gasteiger partial charge in [0.2, 0.25) is 0 Å². The molecule has 3 aromatic rings. The molecule has 0 radical (unpaired) electrons. The molecular formula is C28H33FN2O2. The second-order valence-electron chi connectivity index (χ2n) is 9.40. The van der Waals surface area contributed by atoms with Crippen LogP contribution in [-0.2, 0) is 0 Å². The fourth-order valence-corrected chi connectivity index (χ4v) is 5.18. The molecule has 1 saturated carbocycles. The molecule has 1 aliphatic carbocycles. The summed E-state index contributed by atoms with van der Waals surface area (Å²) in [7, 11) is 4.14. The van der Waals surface area contributed by atoms with Crippen molar-refractivity contribution in [3.05, 3.63) is 83.4 Å². The molecule has 4 nitrogen and oxygen atoms in total. The normalized spacial score (nSPS) is 19.4. The van der Waals surface area contributed by atoms with Crippen LogP contribution in [0.1, 0.15) is 53.4 Å². The van der Waals surface area contributed by atoms with Crippen molar-refractivity contribution >= 4 is 5.91 Å². The molecular weight excluding hydrogens is 415 g/mol. The number of halogens is 1. The Balaban J connectivity index is 1.32. The molecule has 0 spiro atoms. The number of benzene rings is 2. The van der Waals surface area contributed by atoms with Gasteiger partial charge in [-0.15, -0.1) is 0 Å². The van der Waals surface area contributed by atoms with Crippen LogP contribution in [0.2, 0.25) is 0 Å². The number of nitrogens with one attached hydrogen (secondary N) is 1. The number of hydrogen-bond donors (Lipinski definition) is 1. The zero-order chi connectivity index (χ0) is 23.4. The summed E-state index contributed by atoms with van der Waals surface area (Å²) in [6.45, 7) is 2.50. The van der Waals surface area contributed by atoms with E-state index in [1.807, 2.05) is 49.4 Å². The fraction of sp³-hybridized carbons (Fsp3) is 0.393. The van der Waals surface area contributed by atoms with E-state index in [-0.39, 0.29) is 17.8 Å². The van der Waals surface area contributed by atoms with Crippen LogP contribution >= 0.6 is 0 Å². The Morgan fingerprint density at radius 1 is 1.06 bits per heavy atom. The van der Waals surface area contributed by atoms with E-state index in [1.165, 1.54) is 6.07 Å². The van der Waals surface area contributed by atoms with Gasteiger partial charge in [-0.1, -0.05) is 42.5 Å². The van der Waals surface area contributed by atoms with Gasteiger partial charge in [-0.3, -0.25) is 4.79 Å². The number of amides is 1. The van der Waals surface area contributed by atoms with E-state index in [4.69, 9.17) is 4.42 Å². The van der Waals surface area contributed by atoms with Crippen LogP contribution in [0.5, 0.6) is 0 Å². The summed E-state index contributed by atoms with van der Waals surface area (Å²) < 4.78 is 19.6. The van der Waals surface area contributed by atoms with Crippen molar-refractivity contribution < 1.29 is 13.6 Å². The summed E-state index contributed by atoms with van der Waals surface area (Å²) in [6, 6.07) is 18.8. The first-order valence-electron chi connectivity index (χ1n) is 11.8. The number of carbonyl (C=O) groups excluding carboxylic acids is 1. The third-order valence-corrected chi connectivity index (χ3v) is 6.86. The molecule has 5 heteroatoms. The summed E-state index contributed by atoms with van der Waals surface area (Å²) in [4.78, 5) is 15.0. The molecule has 1 aromatic heterocycles. The minimum atomic E-state index is -0.180. The molecule has 2 aromatic carbocycles. The van der Waals surface area contributed by atoms with Crippen molar-refractivity contribution in [3.8, 4) is 11.3 Å². The topological polar surface area (TPSA) is 45.5 Å². The molecule has 1 aliphatic rings. The van der Waals surface area contributed by atoms with Gasteiger partial charge in [-0.25, -0.2) is 4.39 Å². The van der Waals surface area contributed by atoms with Crippen LogP contribution in [0.25, 0.3) is 11.3 Å². The second-order valence-corrected chi connectivity index (χ2v) is 9.40. The van der Waals surface area contributed by atoms with E-state index in [9.17, 15) is 9.18 Å². The first-order valence-corrected chi connectivity index (χ1v) is 11.8. The third kappa shape index (κ3) is 5.53. The predicted molar refractivity (Wildman–Crippen MR) is 129 cm³/mol. The van der Waals surface area contributed by atoms with Crippen LogP contribution in [-0.4, -0.2) is 31.4 Å². The first-order chi connectivity index (χ1) is 15.9. The van der Waals surface area contributed by atoms with Crippen molar-refractivity contribution in [2.45, 2.75) is 38.6 Å². The molecule has 174 valence electrons. The molecule has 4 rings (SSSR count). The van der Waals surface area contributed by atoms with Crippen LogP contribution in [0.15, 0.2) is 65.1 Å². The van der Waals surface area contributed by atoms with E-state index in [0.29, 0.717) is 35.5 Å². The fourth-order valence-electron chi connectivity index (χ4n) is 5.18. The van der Waals surface area contributed by atoms with Crippen LogP contribution < -0.4 is 5.32 Å². The number of nitrogens with zero attached hydrogens (tertiary/aromatic N) is 1. The maximum atomic E-state index is 13.8. The lowest BCUT2D eigenvalue weighted by atomic mass is 9.76. The SMILES string of the molecule is Cc1oc(-c2ccccc2)cc1C(=O)NCC1CCC(C(c2cccc(F)c2)N(C)C)CC1. The smallest absolute Gasteiger partial charge is 0.254 e. The number of rotatable bonds is 7. The maximum absolute atomic E-state index is 13.8. The van der Waals surface area contributed by atoms with Gasteiger partial charge in [0, 0.05) is 18.2 Å². The zero-order valence-electron chi connectivity index (χ0n) is 19.7. The maximum Gasteiger partial charge on any atom is 0.254 e. The van der Waals surface area contributed by atoms with Gasteiger partial charge in [-0.2, -0.15) is 0 Å². The van der Waals surface area contributed by atoms with Gasteiger partial charge >= 0.3 is 0 Å². The Morgan fingerprint density at radius 3 is 2.45 bits per heavy atom. The van der Waals surface area contributed by atoms with Crippen LogP contribution in [0.4, 0.5) is 4.39 Å². The predicted octanol–water partition coefficient (Wildman–Crippen LogP) is 6.23. The summed E-state index contributed by atoms with van der Waals surface area (Å²) in [5.74, 6) is 2.04. The number of furan rings is 1. The lowest BCUT2D eigenvalue weighted by Crippen LogP contribution is -2.34. The quantitative estimate of drug-likeness (QED) is 0.466. The van der Waals surface area contributed by atoms with E-state index < -0.39 is 0 Å². The average molecular weight is 449 g/mol. The van der Waals surface area contributed by atoms with Crippen LogP contribution in [0.3, 0.4) is 0 Å². The third-order valence-electron chi connectivity index (χ3n) is 6.86. The average Bonchev–Trinajstić information content (AvgIpc) is 3.21. The molecule has 0 bridgehead atoms. The second kappa shape index (κ2) is 10.3. The lowest BCUT2D eigenvalue weighted by molar-refractivity contribution is 0.0933. The Kier molecular flexibility index (Phi) is 7.29. The zero-order valence-corrected chi connectivity index (χ0v) is 19.7. The Morgan fingerprint density at radius 2 is 1.79 bits per heavy atom. The molecule has 1 unspecified atom stereocenters. The minimum absolute atomic E-state index is 0.0773. The highest BCUT2D eigenvalue weighted by Gasteiger charge is 2.30. The highest BCUT2D eigenvalue weighted by molar-refractivity contribution is 5.96. The molecule has 1 fully saturated rings. The largest absolute Gasteiger partial charge is 0.461 e. The highest BCUT2D eigenvalue weighted by atomic mass is 19.1. The van der Waals surface area contributed by atoms with E-state index in [2.05, 4.69) is 24.3 Å². The summed E-state index contributed by atoms with van der Waals surface area (Å²) in [5, 5.41) is 3.12. The summed E-state index contributed by atoms with van der Waals surface area (Å²) in [5.41, 5.74) is 2.61.